The summed E-state index contributed by atoms with van der Waals surface area (Å²) in [5.74, 6) is -4.67. The maximum absolute atomic E-state index is 14.0. The zero-order chi connectivity index (χ0) is 41.7. The second-order valence-corrected chi connectivity index (χ2v) is 17.8. The fourth-order valence-electron chi connectivity index (χ4n) is 5.09. The first-order chi connectivity index (χ1) is 26.4. The molecule has 2 fully saturated rings. The van der Waals surface area contributed by atoms with E-state index in [-0.39, 0.29) is 32.5 Å². The molecule has 56 heavy (non-hydrogen) atoms. The van der Waals surface area contributed by atoms with Gasteiger partial charge in [-0.05, 0) is 19.4 Å². The molecule has 6 atom stereocenters. The summed E-state index contributed by atoms with van der Waals surface area (Å²) in [5.41, 5.74) is 0.688. The predicted octanol–water partition coefficient (Wildman–Crippen LogP) is 0.918. The lowest BCUT2D eigenvalue weighted by molar-refractivity contribution is -0.145. The summed E-state index contributed by atoms with van der Waals surface area (Å²) < 4.78 is 5.28. The number of nitrogens with zero attached hydrogens (tertiary/aromatic N) is 4. The average molecular weight is 862 g/mol. The van der Waals surface area contributed by atoms with E-state index in [0.717, 1.165) is 38.2 Å². The van der Waals surface area contributed by atoms with E-state index in [2.05, 4.69) is 16.0 Å². The minimum Gasteiger partial charge on any atom is -0.445 e. The lowest BCUT2D eigenvalue weighted by Crippen LogP contribution is -2.56. The number of nitrogens with one attached hydrogen (secondary N) is 3. The Kier molecular flexibility index (Phi) is 18.3. The molecule has 0 saturated carbocycles. The van der Waals surface area contributed by atoms with Crippen molar-refractivity contribution in [3.8, 4) is 0 Å². The third-order valence-electron chi connectivity index (χ3n) is 9.33. The molecule has 2 aliphatic heterocycles. The third kappa shape index (κ3) is 13.1. The van der Waals surface area contributed by atoms with E-state index in [0.29, 0.717) is 17.3 Å². The van der Waals surface area contributed by atoms with Gasteiger partial charge in [-0.3, -0.25) is 38.4 Å². The first-order valence-electron chi connectivity index (χ1n) is 17.6. The van der Waals surface area contributed by atoms with Crippen LogP contribution in [0.4, 0.5) is 4.79 Å². The molecule has 1 aromatic rings. The van der Waals surface area contributed by atoms with Gasteiger partial charge in [0.05, 0.1) is 25.2 Å². The van der Waals surface area contributed by atoms with Gasteiger partial charge >= 0.3 is 6.09 Å². The van der Waals surface area contributed by atoms with Crippen molar-refractivity contribution < 1.29 is 50.7 Å². The minimum absolute atomic E-state index is 0. The molecule has 1 aromatic carbocycles. The minimum atomic E-state index is -1.37. The van der Waals surface area contributed by atoms with E-state index in [1.807, 2.05) is 0 Å². The van der Waals surface area contributed by atoms with Crippen LogP contribution >= 0.6 is 45.1 Å². The van der Waals surface area contributed by atoms with Gasteiger partial charge in [-0.1, -0.05) is 82.4 Å². The van der Waals surface area contributed by atoms with Crippen LogP contribution in [0, 0.1) is 5.92 Å². The Morgan fingerprint density at radius 2 is 1.16 bits per heavy atom. The van der Waals surface area contributed by atoms with Gasteiger partial charge in [0.15, 0.2) is 0 Å². The van der Waals surface area contributed by atoms with Gasteiger partial charge in [-0.25, -0.2) is 4.79 Å². The molecular formula is C35H53N7O10S4. The number of rotatable bonds is 3. The van der Waals surface area contributed by atoms with Gasteiger partial charge in [0.25, 0.3) is 0 Å². The summed E-state index contributed by atoms with van der Waals surface area (Å²) in [6.07, 6.45) is -0.959. The maximum atomic E-state index is 14.0. The van der Waals surface area contributed by atoms with E-state index >= 15 is 0 Å². The van der Waals surface area contributed by atoms with Crippen LogP contribution in [0.25, 0.3) is 0 Å². The molecule has 312 valence electrons. The van der Waals surface area contributed by atoms with Crippen LogP contribution in [0.2, 0.25) is 0 Å². The Bertz CT molecular complexity index is 1650. The Morgan fingerprint density at radius 3 is 1.66 bits per heavy atom. The number of ether oxygens (including phenoxy) is 1. The van der Waals surface area contributed by atoms with Crippen LogP contribution in [-0.2, 0) is 49.7 Å². The predicted molar refractivity (Wildman–Crippen MR) is 220 cm³/mol. The van der Waals surface area contributed by atoms with Gasteiger partial charge in [-0.15, -0.1) is 0 Å². The number of likely N-dealkylation sites (N-methyl/N-ethyl adjacent to an activating group) is 4. The Hall–Kier alpha value is -3.95. The molecule has 0 radical (unpaired) electrons. The first-order valence-corrected chi connectivity index (χ1v) is 22.0. The highest BCUT2D eigenvalue weighted by Gasteiger charge is 2.37. The fourth-order valence-corrected chi connectivity index (χ4v) is 9.55. The number of hydrogen-bond acceptors (Lipinski definition) is 14. The van der Waals surface area contributed by atoms with Crippen molar-refractivity contribution in [2.75, 3.05) is 64.3 Å². The molecule has 2 aliphatic rings. The average Bonchev–Trinajstić information content (AvgIpc) is 3.19. The molecule has 0 unspecified atom stereocenters. The second kappa shape index (κ2) is 22.1. The Labute approximate surface area is 345 Å². The number of carbonyl (C=O) groups excluding carboxylic acids is 9. The molecule has 7 amide bonds. The van der Waals surface area contributed by atoms with Crippen LogP contribution in [0.1, 0.15) is 29.2 Å². The molecule has 3 N–H and O–H groups in total. The summed E-state index contributed by atoms with van der Waals surface area (Å²) >= 11 is 1.53. The van der Waals surface area contributed by atoms with E-state index in [9.17, 15) is 43.2 Å². The third-order valence-corrected chi connectivity index (χ3v) is 14.1. The second-order valence-electron chi connectivity index (χ2n) is 13.2. The topological polar surface area (TPSA) is 212 Å². The molecule has 0 aromatic heterocycles. The molecule has 2 bridgehead atoms. The van der Waals surface area contributed by atoms with Crippen LogP contribution < -0.4 is 16.0 Å². The number of alkyl carbamates (subject to hydrolysis) is 1. The number of fused-ring (bicyclic) bond motifs is 5. The maximum Gasteiger partial charge on any atom is 0.408 e. The zero-order valence-electron chi connectivity index (χ0n) is 32.3. The highest BCUT2D eigenvalue weighted by atomic mass is 33.1. The highest BCUT2D eigenvalue weighted by molar-refractivity contribution is 8.76. The van der Waals surface area contributed by atoms with Crippen molar-refractivity contribution in [2.24, 2.45) is 5.92 Å². The van der Waals surface area contributed by atoms with Gasteiger partial charge in [0.1, 0.15) is 24.7 Å². The molecule has 2 heterocycles. The zero-order valence-corrected chi connectivity index (χ0v) is 35.6. The Morgan fingerprint density at radius 1 is 0.696 bits per heavy atom. The molecule has 3 rings (SSSR count). The first kappa shape index (κ1) is 46.4. The highest BCUT2D eigenvalue weighted by Crippen LogP contribution is 2.28. The summed E-state index contributed by atoms with van der Waals surface area (Å²) in [6.45, 7) is 3.49. The van der Waals surface area contributed by atoms with Crippen molar-refractivity contribution in [1.82, 2.24) is 35.6 Å². The fraction of sp³-hybridized carbons (Fsp3) is 0.571. The van der Waals surface area contributed by atoms with Gasteiger partial charge in [0, 0.05) is 60.0 Å². The lowest BCUT2D eigenvalue weighted by atomic mass is 10.2. The van der Waals surface area contributed by atoms with E-state index in [4.69, 9.17) is 4.74 Å². The molecule has 21 heteroatoms. The van der Waals surface area contributed by atoms with Crippen molar-refractivity contribution in [2.45, 2.75) is 57.6 Å². The SMILES string of the molecule is C[C@@H]1CSC(=O)[C@H](C)N(C)C(=O)[C@@H]2CSSC[C@@H](C(=O)N(C)[C@@H](C)C(=O)SC[C@@H](NC(=O)OCc3ccccc3)C(=O)NCC(=O)N2C)N(C)C(=O)CNC1=O.[2HH].[2HH]. The van der Waals surface area contributed by atoms with Crippen molar-refractivity contribution in [3.63, 3.8) is 0 Å². The summed E-state index contributed by atoms with van der Waals surface area (Å²) in [4.78, 5) is 125. The van der Waals surface area contributed by atoms with E-state index < -0.39 is 101 Å². The molecule has 0 spiro atoms. The van der Waals surface area contributed by atoms with Crippen molar-refractivity contribution in [3.05, 3.63) is 35.9 Å². The normalized spacial score (nSPS) is 26.7. The van der Waals surface area contributed by atoms with E-state index in [1.165, 1.54) is 56.7 Å². The quantitative estimate of drug-likeness (QED) is 0.361. The molecule has 2 saturated heterocycles. The number of hydrogen-bond donors (Lipinski definition) is 3. The monoisotopic (exact) mass is 861 g/mol. The smallest absolute Gasteiger partial charge is 0.408 e. The van der Waals surface area contributed by atoms with Crippen LogP contribution in [0.5, 0.6) is 0 Å². The Balaban J connectivity index is 0.00000841. The molecular weight excluding hydrogens is 807 g/mol. The lowest BCUT2D eigenvalue weighted by Gasteiger charge is -2.34. The van der Waals surface area contributed by atoms with Crippen LogP contribution in [0.3, 0.4) is 0 Å². The van der Waals surface area contributed by atoms with E-state index in [1.54, 1.807) is 37.3 Å². The standard InChI is InChI=1S/C35H49N7O10S4.2H2/c1-20-16-53-33(49)21(2)39(4)31(47)26-19-56-55-18-25(41(6)27(43)13-36-29(20)45)32(48)40(5)22(3)34(50)54-17-24(30(46)37-14-28(44)42(26)7)38-35(51)52-15-23-11-9-8-10-12-23;;/h8-12,20-22,24-26H,13-19H2,1-7H3,(H,36,45)(H,37,46)(H,38,51);2*1H/t20-,21+,22+,24-,25+,26+;;/m1../s1/i;2*1+1. The molecule has 0 aliphatic carbocycles. The van der Waals surface area contributed by atoms with Gasteiger partial charge in [-0.2, -0.15) is 0 Å². The van der Waals surface area contributed by atoms with Crippen LogP contribution in [0.15, 0.2) is 30.3 Å². The number of thioether (sulfide) groups is 2. The van der Waals surface area contributed by atoms with Gasteiger partial charge < -0.3 is 40.3 Å². The van der Waals surface area contributed by atoms with Gasteiger partial charge in [0.2, 0.25) is 45.7 Å². The molecule has 17 nitrogen and oxygen atoms in total. The van der Waals surface area contributed by atoms with Crippen molar-refractivity contribution >= 4 is 96.9 Å². The largest absolute Gasteiger partial charge is 0.445 e. The van der Waals surface area contributed by atoms with Crippen molar-refractivity contribution in [1.29, 1.82) is 0 Å². The summed E-state index contributed by atoms with van der Waals surface area (Å²) in [7, 11) is 7.92. The summed E-state index contributed by atoms with van der Waals surface area (Å²) in [5, 5.41) is 6.58. The number of carbonyl (C=O) groups is 9. The van der Waals surface area contributed by atoms with Crippen LogP contribution in [-0.4, -0.2) is 166 Å². The number of benzene rings is 1. The summed E-state index contributed by atoms with van der Waals surface area (Å²) in [6, 6.07) is 3.17. The number of amides is 7.